The number of hydrogen-bond donors (Lipinski definition) is 2. The second-order valence-electron chi connectivity index (χ2n) is 8.76. The van der Waals surface area contributed by atoms with Crippen LogP contribution in [0.15, 0.2) is 35.3 Å². The Morgan fingerprint density at radius 3 is 2.56 bits per heavy atom. The van der Waals surface area contributed by atoms with Gasteiger partial charge in [-0.25, -0.2) is 0 Å². The molecule has 1 aromatic rings. The third kappa shape index (κ3) is 7.78. The van der Waals surface area contributed by atoms with Crippen molar-refractivity contribution in [2.24, 2.45) is 10.9 Å². The molecule has 1 aliphatic heterocycles. The highest BCUT2D eigenvalue weighted by Crippen LogP contribution is 2.28. The Bertz CT molecular complexity index is 700. The number of carbonyl (C=O) groups excluding carboxylic acids is 1. The summed E-state index contributed by atoms with van der Waals surface area (Å²) in [4.78, 5) is 21.6. The van der Waals surface area contributed by atoms with Crippen LogP contribution < -0.4 is 10.6 Å². The van der Waals surface area contributed by atoms with E-state index in [1.807, 2.05) is 18.2 Å². The first kappa shape index (κ1) is 24.5. The third-order valence-electron chi connectivity index (χ3n) is 6.41. The van der Waals surface area contributed by atoms with Crippen molar-refractivity contribution in [1.82, 2.24) is 20.4 Å². The van der Waals surface area contributed by atoms with Crippen LogP contribution in [0.25, 0.3) is 0 Å². The summed E-state index contributed by atoms with van der Waals surface area (Å²) in [6, 6.07) is 10.3. The minimum absolute atomic E-state index is 0.107. The predicted molar refractivity (Wildman–Crippen MR) is 130 cm³/mol. The van der Waals surface area contributed by atoms with Crippen molar-refractivity contribution in [2.45, 2.75) is 45.6 Å². The molecule has 2 N–H and O–H groups in total. The molecule has 0 radical (unpaired) electrons. The summed E-state index contributed by atoms with van der Waals surface area (Å²) in [5, 5.41) is 6.76. The largest absolute Gasteiger partial charge is 0.374 e. The number of rotatable bonds is 11. The van der Waals surface area contributed by atoms with Gasteiger partial charge in [0.2, 0.25) is 5.91 Å². The molecule has 2 aliphatic rings. The first-order chi connectivity index (χ1) is 15.7. The maximum atomic E-state index is 12.4. The van der Waals surface area contributed by atoms with Crippen LogP contribution in [0.4, 0.5) is 0 Å². The van der Waals surface area contributed by atoms with Gasteiger partial charge in [0.15, 0.2) is 5.96 Å². The second-order valence-corrected chi connectivity index (χ2v) is 8.76. The molecule has 178 valence electrons. The summed E-state index contributed by atoms with van der Waals surface area (Å²) in [6.45, 7) is 11.9. The maximum absolute atomic E-state index is 12.4. The van der Waals surface area contributed by atoms with Gasteiger partial charge >= 0.3 is 0 Å². The van der Waals surface area contributed by atoms with E-state index in [2.05, 4.69) is 51.4 Å². The number of ether oxygens (including phenoxy) is 1. The fourth-order valence-corrected chi connectivity index (χ4v) is 4.12. The standard InChI is InChI=1S/C25H41N5O2/c1-3-26-25(27-13-8-20-32-21(2)22-9-5-4-6-10-22)28-14-15-29-16-18-30(19-17-29)24(31)23-11-7-12-23/h4-6,9-10,21,23H,3,7-8,11-20H2,1-2H3,(H2,26,27,28). The highest BCUT2D eigenvalue weighted by Gasteiger charge is 2.30. The average molecular weight is 444 g/mol. The summed E-state index contributed by atoms with van der Waals surface area (Å²) >= 11 is 0. The zero-order valence-electron chi connectivity index (χ0n) is 19.9. The van der Waals surface area contributed by atoms with Gasteiger partial charge in [-0.05, 0) is 38.7 Å². The Hall–Kier alpha value is -2.12. The molecule has 32 heavy (non-hydrogen) atoms. The molecule has 1 aliphatic carbocycles. The lowest BCUT2D eigenvalue weighted by atomic mass is 9.84. The quantitative estimate of drug-likeness (QED) is 0.313. The molecule has 1 saturated carbocycles. The molecular formula is C25H41N5O2. The second kappa shape index (κ2) is 13.4. The summed E-state index contributed by atoms with van der Waals surface area (Å²) < 4.78 is 5.94. The van der Waals surface area contributed by atoms with Gasteiger partial charge in [0.25, 0.3) is 0 Å². The molecule has 1 unspecified atom stereocenters. The fraction of sp³-hybridized carbons (Fsp3) is 0.680. The van der Waals surface area contributed by atoms with Crippen molar-refractivity contribution >= 4 is 11.9 Å². The minimum atomic E-state index is 0.107. The molecule has 2 fully saturated rings. The van der Waals surface area contributed by atoms with Crippen LogP contribution in [0.5, 0.6) is 0 Å². The van der Waals surface area contributed by atoms with Gasteiger partial charge < -0.3 is 20.3 Å². The number of piperazine rings is 1. The van der Waals surface area contributed by atoms with Crippen LogP contribution in [-0.4, -0.2) is 80.6 Å². The van der Waals surface area contributed by atoms with Crippen LogP contribution in [-0.2, 0) is 9.53 Å². The van der Waals surface area contributed by atoms with E-state index < -0.39 is 0 Å². The molecule has 0 aromatic heterocycles. The smallest absolute Gasteiger partial charge is 0.225 e. The van der Waals surface area contributed by atoms with Gasteiger partial charge in [0.05, 0.1) is 6.10 Å². The van der Waals surface area contributed by atoms with E-state index in [1.54, 1.807) is 0 Å². The first-order valence-electron chi connectivity index (χ1n) is 12.4. The SMILES string of the molecule is CCNC(=NCCCOC(C)c1ccccc1)NCCN1CCN(C(=O)C2CCC2)CC1. The maximum Gasteiger partial charge on any atom is 0.225 e. The number of nitrogens with one attached hydrogen (secondary N) is 2. The van der Waals surface area contributed by atoms with E-state index in [9.17, 15) is 4.79 Å². The number of benzene rings is 1. The summed E-state index contributed by atoms with van der Waals surface area (Å²) in [5.41, 5.74) is 1.21. The molecule has 0 spiro atoms. The number of guanidine groups is 1. The van der Waals surface area contributed by atoms with Crippen molar-refractivity contribution in [1.29, 1.82) is 0 Å². The summed E-state index contributed by atoms with van der Waals surface area (Å²) in [7, 11) is 0. The van der Waals surface area contributed by atoms with Crippen LogP contribution in [0.2, 0.25) is 0 Å². The van der Waals surface area contributed by atoms with E-state index >= 15 is 0 Å². The third-order valence-corrected chi connectivity index (χ3v) is 6.41. The highest BCUT2D eigenvalue weighted by atomic mass is 16.5. The number of amides is 1. The molecule has 7 heteroatoms. The van der Waals surface area contributed by atoms with Gasteiger partial charge in [-0.2, -0.15) is 0 Å². The minimum Gasteiger partial charge on any atom is -0.374 e. The number of carbonyl (C=O) groups is 1. The lowest BCUT2D eigenvalue weighted by Gasteiger charge is -2.38. The van der Waals surface area contributed by atoms with Crippen molar-refractivity contribution in [3.63, 3.8) is 0 Å². The number of aliphatic imine (C=N–C) groups is 1. The molecule has 1 saturated heterocycles. The van der Waals surface area contributed by atoms with Gasteiger partial charge in [0, 0.05) is 64.9 Å². The van der Waals surface area contributed by atoms with Crippen LogP contribution in [0, 0.1) is 5.92 Å². The van der Waals surface area contributed by atoms with E-state index in [1.165, 1.54) is 12.0 Å². The lowest BCUT2D eigenvalue weighted by Crippen LogP contribution is -2.52. The Labute approximate surface area is 193 Å². The molecule has 1 atom stereocenters. The Morgan fingerprint density at radius 1 is 1.16 bits per heavy atom. The normalized spacial score (nSPS) is 18.8. The van der Waals surface area contributed by atoms with E-state index in [-0.39, 0.29) is 6.10 Å². The van der Waals surface area contributed by atoms with Crippen molar-refractivity contribution < 1.29 is 9.53 Å². The van der Waals surface area contributed by atoms with Gasteiger partial charge in [-0.15, -0.1) is 0 Å². The topological polar surface area (TPSA) is 69.2 Å². The molecular weight excluding hydrogens is 402 g/mol. The van der Waals surface area contributed by atoms with Crippen LogP contribution in [0.3, 0.4) is 0 Å². The molecule has 1 heterocycles. The Balaban J connectivity index is 1.28. The molecule has 3 rings (SSSR count). The molecule has 1 aromatic carbocycles. The van der Waals surface area contributed by atoms with Gasteiger partial charge in [-0.3, -0.25) is 14.7 Å². The van der Waals surface area contributed by atoms with Crippen molar-refractivity contribution in [3.8, 4) is 0 Å². The molecule has 1 amide bonds. The van der Waals surface area contributed by atoms with Crippen molar-refractivity contribution in [2.75, 3.05) is 59.0 Å². The van der Waals surface area contributed by atoms with Gasteiger partial charge in [0.1, 0.15) is 0 Å². The van der Waals surface area contributed by atoms with E-state index in [4.69, 9.17) is 4.74 Å². The monoisotopic (exact) mass is 443 g/mol. The Kier molecular flexibility index (Phi) is 10.3. The summed E-state index contributed by atoms with van der Waals surface area (Å²) in [6.07, 6.45) is 4.40. The predicted octanol–water partition coefficient (Wildman–Crippen LogP) is 2.65. The average Bonchev–Trinajstić information content (AvgIpc) is 2.78. The van der Waals surface area contributed by atoms with E-state index in [0.29, 0.717) is 18.4 Å². The zero-order chi connectivity index (χ0) is 22.6. The zero-order valence-corrected chi connectivity index (χ0v) is 19.9. The highest BCUT2D eigenvalue weighted by molar-refractivity contribution is 5.80. The van der Waals surface area contributed by atoms with Gasteiger partial charge in [-0.1, -0.05) is 36.8 Å². The van der Waals surface area contributed by atoms with Crippen molar-refractivity contribution in [3.05, 3.63) is 35.9 Å². The number of nitrogens with zero attached hydrogens (tertiary/aromatic N) is 3. The van der Waals surface area contributed by atoms with E-state index in [0.717, 1.165) is 77.6 Å². The first-order valence-corrected chi connectivity index (χ1v) is 12.4. The molecule has 0 bridgehead atoms. The lowest BCUT2D eigenvalue weighted by molar-refractivity contribution is -0.139. The Morgan fingerprint density at radius 2 is 1.91 bits per heavy atom. The number of hydrogen-bond acceptors (Lipinski definition) is 4. The fourth-order valence-electron chi connectivity index (χ4n) is 4.12. The van der Waals surface area contributed by atoms with Crippen LogP contribution >= 0.6 is 0 Å². The summed E-state index contributed by atoms with van der Waals surface area (Å²) in [5.74, 6) is 1.56. The molecule has 7 nitrogen and oxygen atoms in total. The van der Waals surface area contributed by atoms with Crippen LogP contribution in [0.1, 0.15) is 51.2 Å².